The number of benzene rings is 2. The van der Waals surface area contributed by atoms with Crippen molar-refractivity contribution in [1.29, 1.82) is 0 Å². The Hall–Kier alpha value is -4.11. The molecule has 3 heterocycles. The number of nitrogens with zero attached hydrogens (tertiary/aromatic N) is 3. The first kappa shape index (κ1) is 21.7. The molecule has 0 radical (unpaired) electrons. The first-order chi connectivity index (χ1) is 16.6. The van der Waals surface area contributed by atoms with Crippen LogP contribution in [0.25, 0.3) is 16.3 Å². The van der Waals surface area contributed by atoms with E-state index in [1.807, 2.05) is 66.9 Å². The number of amides is 2. The van der Waals surface area contributed by atoms with Crippen molar-refractivity contribution in [2.75, 3.05) is 19.1 Å². The summed E-state index contributed by atoms with van der Waals surface area (Å²) in [7, 11) is 3.20. The molecule has 0 saturated carbocycles. The fourth-order valence-corrected chi connectivity index (χ4v) is 4.64. The highest BCUT2D eigenvalue weighted by Crippen LogP contribution is 2.40. The highest BCUT2D eigenvalue weighted by molar-refractivity contribution is 7.13. The lowest BCUT2D eigenvalue weighted by Crippen LogP contribution is -2.46. The number of nitrogens with one attached hydrogen (secondary N) is 1. The lowest BCUT2D eigenvalue weighted by Gasteiger charge is -2.35. The van der Waals surface area contributed by atoms with Gasteiger partial charge in [0.05, 0.1) is 36.4 Å². The first-order valence-corrected chi connectivity index (χ1v) is 11.4. The van der Waals surface area contributed by atoms with Gasteiger partial charge in [-0.05, 0) is 48.2 Å². The van der Waals surface area contributed by atoms with Gasteiger partial charge in [-0.25, -0.2) is 4.79 Å². The van der Waals surface area contributed by atoms with Crippen LogP contribution in [-0.4, -0.2) is 30.4 Å². The number of methoxy groups -OCH3 is 2. The number of ether oxygens (including phenoxy) is 2. The van der Waals surface area contributed by atoms with Gasteiger partial charge in [-0.2, -0.15) is 4.98 Å². The maximum absolute atomic E-state index is 13.4. The molecule has 9 heteroatoms. The molecule has 5 rings (SSSR count). The summed E-state index contributed by atoms with van der Waals surface area (Å²) in [6.07, 6.45) is 0. The van der Waals surface area contributed by atoms with Crippen LogP contribution in [0.2, 0.25) is 0 Å². The van der Waals surface area contributed by atoms with Gasteiger partial charge in [0.15, 0.2) is 0 Å². The number of allylic oxidation sites excluding steroid dienone is 1. The van der Waals surface area contributed by atoms with Crippen LogP contribution < -0.4 is 19.7 Å². The Balaban J connectivity index is 1.67. The van der Waals surface area contributed by atoms with E-state index in [9.17, 15) is 4.79 Å². The van der Waals surface area contributed by atoms with Gasteiger partial charge < -0.3 is 19.3 Å². The number of aromatic nitrogens is 2. The predicted octanol–water partition coefficient (Wildman–Crippen LogP) is 5.52. The molecule has 0 spiro atoms. The third-order valence-corrected chi connectivity index (χ3v) is 6.49. The fraction of sp³-hybridized carbons (Fsp3) is 0.160. The summed E-state index contributed by atoms with van der Waals surface area (Å²) in [4.78, 5) is 20.5. The van der Waals surface area contributed by atoms with Crippen LogP contribution in [0.5, 0.6) is 11.5 Å². The number of carbonyl (C=O) groups excluding carboxylic acids is 1. The van der Waals surface area contributed by atoms with Crippen molar-refractivity contribution in [1.82, 2.24) is 15.5 Å². The predicted molar refractivity (Wildman–Crippen MR) is 130 cm³/mol. The molecule has 1 aliphatic rings. The fourth-order valence-electron chi connectivity index (χ4n) is 3.99. The van der Waals surface area contributed by atoms with Gasteiger partial charge in [0.25, 0.3) is 5.89 Å². The van der Waals surface area contributed by atoms with E-state index in [-0.39, 0.29) is 6.03 Å². The number of rotatable bonds is 6. The molecule has 0 aliphatic carbocycles. The standard InChI is InChI=1S/C25H22N4O4S/c1-15-21(24-27-23(28-33-24)20-11-6-12-34-20)22(16-7-4-9-18(13-16)31-2)26-25(30)29(15)17-8-5-10-19(14-17)32-3/h4-14,22H,1-3H3,(H,26,30). The smallest absolute Gasteiger partial charge is 0.327 e. The molecule has 0 saturated heterocycles. The molecule has 2 aromatic heterocycles. The Morgan fingerprint density at radius 1 is 1.03 bits per heavy atom. The third-order valence-electron chi connectivity index (χ3n) is 5.62. The van der Waals surface area contributed by atoms with E-state index in [0.717, 1.165) is 10.4 Å². The molecule has 8 nitrogen and oxygen atoms in total. The van der Waals surface area contributed by atoms with E-state index in [2.05, 4.69) is 15.5 Å². The van der Waals surface area contributed by atoms with Crippen LogP contribution >= 0.6 is 11.3 Å². The molecule has 2 amide bonds. The van der Waals surface area contributed by atoms with E-state index in [1.165, 1.54) is 11.3 Å². The van der Waals surface area contributed by atoms with E-state index in [4.69, 9.17) is 14.0 Å². The highest BCUT2D eigenvalue weighted by atomic mass is 32.1. The van der Waals surface area contributed by atoms with Crippen LogP contribution in [-0.2, 0) is 0 Å². The molecule has 2 aromatic carbocycles. The Morgan fingerprint density at radius 2 is 1.79 bits per heavy atom. The molecule has 1 N–H and O–H groups in total. The molecular weight excluding hydrogens is 452 g/mol. The molecule has 1 aliphatic heterocycles. The van der Waals surface area contributed by atoms with Gasteiger partial charge in [-0.15, -0.1) is 11.3 Å². The maximum atomic E-state index is 13.4. The first-order valence-electron chi connectivity index (χ1n) is 10.6. The molecule has 34 heavy (non-hydrogen) atoms. The second-order valence-electron chi connectivity index (χ2n) is 7.60. The van der Waals surface area contributed by atoms with Crippen molar-refractivity contribution >= 4 is 28.6 Å². The van der Waals surface area contributed by atoms with Crippen molar-refractivity contribution in [2.24, 2.45) is 0 Å². The average molecular weight is 475 g/mol. The van der Waals surface area contributed by atoms with Gasteiger partial charge in [0.1, 0.15) is 11.5 Å². The average Bonchev–Trinajstić information content (AvgIpc) is 3.56. The second kappa shape index (κ2) is 9.03. The van der Waals surface area contributed by atoms with E-state index in [1.54, 1.807) is 25.2 Å². The Kier molecular flexibility index (Phi) is 5.77. The van der Waals surface area contributed by atoms with E-state index < -0.39 is 6.04 Å². The molecule has 4 aromatic rings. The normalized spacial score (nSPS) is 15.9. The molecule has 0 fully saturated rings. The molecule has 1 unspecified atom stereocenters. The van der Waals surface area contributed by atoms with Crippen molar-refractivity contribution < 1.29 is 18.8 Å². The van der Waals surface area contributed by atoms with Gasteiger partial charge >= 0.3 is 6.03 Å². The van der Waals surface area contributed by atoms with E-state index in [0.29, 0.717) is 40.2 Å². The molecule has 172 valence electrons. The minimum atomic E-state index is -0.513. The SMILES string of the molecule is COc1cccc(C2NC(=O)N(c3cccc(OC)c3)C(C)=C2c2nc(-c3cccs3)no2)c1. The maximum Gasteiger partial charge on any atom is 0.327 e. The van der Waals surface area contributed by atoms with Crippen LogP contribution in [0.3, 0.4) is 0 Å². The van der Waals surface area contributed by atoms with Gasteiger partial charge in [0.2, 0.25) is 5.82 Å². The zero-order chi connectivity index (χ0) is 23.7. The zero-order valence-corrected chi connectivity index (χ0v) is 19.6. The van der Waals surface area contributed by atoms with Gasteiger partial charge in [0, 0.05) is 11.8 Å². The Bertz CT molecular complexity index is 1360. The summed E-state index contributed by atoms with van der Waals surface area (Å²) < 4.78 is 16.5. The quantitative estimate of drug-likeness (QED) is 0.396. The topological polar surface area (TPSA) is 89.7 Å². The van der Waals surface area contributed by atoms with Crippen LogP contribution in [0.1, 0.15) is 24.4 Å². The summed E-state index contributed by atoms with van der Waals surface area (Å²) in [5, 5.41) is 9.25. The molecule has 0 bridgehead atoms. The van der Waals surface area contributed by atoms with Crippen molar-refractivity contribution in [3.05, 3.63) is 83.2 Å². The summed E-state index contributed by atoms with van der Waals surface area (Å²) >= 11 is 1.53. The minimum absolute atomic E-state index is 0.277. The van der Waals surface area contributed by atoms with Crippen molar-refractivity contribution in [3.63, 3.8) is 0 Å². The number of urea groups is 1. The number of carbonyl (C=O) groups is 1. The van der Waals surface area contributed by atoms with Crippen LogP contribution in [0.4, 0.5) is 10.5 Å². The van der Waals surface area contributed by atoms with Crippen LogP contribution in [0.15, 0.2) is 76.3 Å². The Morgan fingerprint density at radius 3 is 2.53 bits per heavy atom. The largest absolute Gasteiger partial charge is 0.497 e. The molecule has 1 atom stereocenters. The zero-order valence-electron chi connectivity index (χ0n) is 18.8. The second-order valence-corrected chi connectivity index (χ2v) is 8.54. The van der Waals surface area contributed by atoms with Crippen molar-refractivity contribution in [2.45, 2.75) is 13.0 Å². The number of anilines is 1. The lowest BCUT2D eigenvalue weighted by molar-refractivity contribution is 0.244. The van der Waals surface area contributed by atoms with Gasteiger partial charge in [-0.1, -0.05) is 29.4 Å². The highest BCUT2D eigenvalue weighted by Gasteiger charge is 2.36. The number of hydrogen-bond donors (Lipinski definition) is 1. The van der Waals surface area contributed by atoms with Gasteiger partial charge in [-0.3, -0.25) is 4.90 Å². The number of hydrogen-bond acceptors (Lipinski definition) is 7. The number of thiophene rings is 1. The summed E-state index contributed by atoms with van der Waals surface area (Å²) in [6, 6.07) is 17.9. The summed E-state index contributed by atoms with van der Waals surface area (Å²) in [5.41, 5.74) is 2.87. The van der Waals surface area contributed by atoms with Crippen molar-refractivity contribution in [3.8, 4) is 22.2 Å². The molecular formula is C25H22N4O4S. The third kappa shape index (κ3) is 3.90. The van der Waals surface area contributed by atoms with E-state index >= 15 is 0 Å². The minimum Gasteiger partial charge on any atom is -0.497 e. The Labute approximate surface area is 200 Å². The summed E-state index contributed by atoms with van der Waals surface area (Å²) in [6.45, 7) is 1.87. The van der Waals surface area contributed by atoms with Crippen LogP contribution in [0, 0.1) is 0 Å². The summed E-state index contributed by atoms with van der Waals surface area (Å²) in [5.74, 6) is 2.16. The lowest BCUT2D eigenvalue weighted by atomic mass is 9.94. The monoisotopic (exact) mass is 474 g/mol.